The number of benzene rings is 1. The van der Waals surface area contributed by atoms with Crippen LogP contribution in [0.1, 0.15) is 60.5 Å². The van der Waals surface area contributed by atoms with Crippen molar-refractivity contribution in [1.82, 2.24) is 10.6 Å². The van der Waals surface area contributed by atoms with E-state index >= 15 is 0 Å². The number of alkyl carbamates (subject to hydrolysis) is 1. The number of amidine groups is 1. The second kappa shape index (κ2) is 16.8. The number of halogens is 1. The van der Waals surface area contributed by atoms with E-state index in [2.05, 4.69) is 41.3 Å². The van der Waals surface area contributed by atoms with Crippen LogP contribution >= 0.6 is 11.6 Å². The van der Waals surface area contributed by atoms with E-state index in [1.54, 1.807) is 7.05 Å². The van der Waals surface area contributed by atoms with Crippen LogP contribution < -0.4 is 10.6 Å². The number of amides is 1. The van der Waals surface area contributed by atoms with E-state index in [1.165, 1.54) is 11.1 Å². The number of ether oxygens (including phenoxy) is 1. The highest BCUT2D eigenvalue weighted by Gasteiger charge is 2.16. The van der Waals surface area contributed by atoms with E-state index in [0.29, 0.717) is 12.3 Å². The van der Waals surface area contributed by atoms with E-state index in [9.17, 15) is 4.79 Å². The molecule has 0 aliphatic heterocycles. The number of nitrogens with zero attached hydrogens (tertiary/aromatic N) is 1. The van der Waals surface area contributed by atoms with Gasteiger partial charge in [0.05, 0.1) is 6.54 Å². The van der Waals surface area contributed by atoms with Gasteiger partial charge >= 0.3 is 6.09 Å². The molecule has 1 amide bonds. The Hall–Kier alpha value is -2.79. The Morgan fingerprint density at radius 3 is 2.32 bits per heavy atom. The van der Waals surface area contributed by atoms with Crippen LogP contribution in [0.2, 0.25) is 0 Å². The molecule has 1 aromatic carbocycles. The lowest BCUT2D eigenvalue weighted by Crippen LogP contribution is -2.39. The van der Waals surface area contributed by atoms with Crippen molar-refractivity contribution in [2.75, 3.05) is 13.6 Å². The first-order valence-electron chi connectivity index (χ1n) is 11.6. The number of allylic oxidation sites excluding steroid dienone is 7. The topological polar surface area (TPSA) is 62.7 Å². The van der Waals surface area contributed by atoms with E-state index in [4.69, 9.17) is 16.3 Å². The van der Waals surface area contributed by atoms with Crippen molar-refractivity contribution in [1.29, 1.82) is 0 Å². The largest absolute Gasteiger partial charge is 0.444 e. The highest BCUT2D eigenvalue weighted by atomic mass is 35.5. The standard InChI is InChI=1S/C17H25N3O2.C9H11Cl.C2H6/c1-13(11-14-9-7-6-8-10-14)20-15(18-5)12-19-16(21)22-17(2,3)4;1-7-4-3-5-8(2)9(10)6-7;1-2/h6-10H,1,11-12H2,2-5H3,(H,18,20)(H,19,21);4-6H,3H2,1-2H3;1-2H3. The molecule has 34 heavy (non-hydrogen) atoms. The van der Waals surface area contributed by atoms with Crippen LogP contribution in [0, 0.1) is 0 Å². The Balaban J connectivity index is 0.000000753. The number of hydrogen-bond acceptors (Lipinski definition) is 3. The summed E-state index contributed by atoms with van der Waals surface area (Å²) >= 11 is 5.92. The predicted octanol–water partition coefficient (Wildman–Crippen LogP) is 7.32. The molecule has 1 aromatic rings. The van der Waals surface area contributed by atoms with Crippen LogP contribution in [-0.4, -0.2) is 31.1 Å². The number of hydrogen-bond donors (Lipinski definition) is 2. The van der Waals surface area contributed by atoms with Gasteiger partial charge in [-0.25, -0.2) is 4.79 Å². The summed E-state index contributed by atoms with van der Waals surface area (Å²) in [5.74, 6) is 0.631. The molecule has 0 aromatic heterocycles. The van der Waals surface area contributed by atoms with Gasteiger partial charge in [0.15, 0.2) is 0 Å². The molecular weight excluding hydrogens is 446 g/mol. The minimum Gasteiger partial charge on any atom is -0.444 e. The summed E-state index contributed by atoms with van der Waals surface area (Å²) < 4.78 is 5.18. The van der Waals surface area contributed by atoms with Crippen molar-refractivity contribution in [3.05, 3.63) is 82.6 Å². The molecule has 5 nitrogen and oxygen atoms in total. The van der Waals surface area contributed by atoms with Gasteiger partial charge in [-0.2, -0.15) is 0 Å². The van der Waals surface area contributed by atoms with Crippen LogP contribution in [0.4, 0.5) is 4.79 Å². The molecule has 6 heteroatoms. The number of aliphatic imine (C=N–C) groups is 1. The van der Waals surface area contributed by atoms with Gasteiger partial charge in [0.2, 0.25) is 0 Å². The summed E-state index contributed by atoms with van der Waals surface area (Å²) in [5, 5.41) is 6.65. The minimum atomic E-state index is -0.516. The first-order chi connectivity index (χ1) is 16.0. The zero-order chi connectivity index (χ0) is 26.1. The van der Waals surface area contributed by atoms with Crippen molar-refractivity contribution in [3.8, 4) is 0 Å². The van der Waals surface area contributed by atoms with Gasteiger partial charge in [-0.1, -0.05) is 80.1 Å². The maximum Gasteiger partial charge on any atom is 0.408 e. The fraction of sp³-hybridized carbons (Fsp3) is 0.429. The third-order valence-electron chi connectivity index (χ3n) is 4.25. The lowest BCUT2D eigenvalue weighted by Gasteiger charge is -2.20. The molecule has 0 unspecified atom stereocenters. The Bertz CT molecular complexity index is 892. The van der Waals surface area contributed by atoms with E-state index in [-0.39, 0.29) is 6.54 Å². The maximum atomic E-state index is 11.6. The van der Waals surface area contributed by atoms with Gasteiger partial charge < -0.3 is 15.4 Å². The van der Waals surface area contributed by atoms with Gasteiger partial charge in [0.25, 0.3) is 0 Å². The van der Waals surface area contributed by atoms with E-state index in [0.717, 1.165) is 22.7 Å². The first kappa shape index (κ1) is 31.2. The van der Waals surface area contributed by atoms with Gasteiger partial charge in [-0.05, 0) is 58.3 Å². The summed E-state index contributed by atoms with van der Waals surface area (Å²) in [7, 11) is 1.66. The average Bonchev–Trinajstić information content (AvgIpc) is 2.91. The molecule has 1 aliphatic rings. The normalized spacial score (nSPS) is 13.3. The van der Waals surface area contributed by atoms with Crippen LogP contribution in [-0.2, 0) is 11.2 Å². The summed E-state index contributed by atoms with van der Waals surface area (Å²) in [4.78, 5) is 15.7. The molecule has 0 heterocycles. The predicted molar refractivity (Wildman–Crippen MR) is 147 cm³/mol. The molecule has 0 spiro atoms. The van der Waals surface area contributed by atoms with Crippen LogP contribution in [0.25, 0.3) is 0 Å². The maximum absolute atomic E-state index is 11.6. The highest BCUT2D eigenvalue weighted by molar-refractivity contribution is 6.32. The first-order valence-corrected chi connectivity index (χ1v) is 12.0. The Kier molecular flexibility index (Phi) is 15.4. The molecule has 2 rings (SSSR count). The van der Waals surface area contributed by atoms with Gasteiger partial charge in [0.1, 0.15) is 11.4 Å². The second-order valence-electron chi connectivity index (χ2n) is 8.48. The summed E-state index contributed by atoms with van der Waals surface area (Å²) in [6, 6.07) is 10.0. The monoisotopic (exact) mass is 487 g/mol. The molecule has 0 saturated carbocycles. The third-order valence-corrected chi connectivity index (χ3v) is 4.65. The molecular formula is C28H42ClN3O2. The molecule has 188 valence electrons. The van der Waals surface area contributed by atoms with E-state index < -0.39 is 11.7 Å². The zero-order valence-electron chi connectivity index (χ0n) is 22.1. The summed E-state index contributed by atoms with van der Waals surface area (Å²) in [5.41, 5.74) is 3.89. The molecule has 0 atom stereocenters. The number of carbonyl (C=O) groups is 1. The van der Waals surface area contributed by atoms with Crippen molar-refractivity contribution >= 4 is 23.5 Å². The van der Waals surface area contributed by atoms with Crippen molar-refractivity contribution in [2.45, 2.75) is 66.9 Å². The average molecular weight is 488 g/mol. The van der Waals surface area contributed by atoms with Gasteiger partial charge in [-0.15, -0.1) is 0 Å². The Labute approximate surface area is 211 Å². The smallest absolute Gasteiger partial charge is 0.408 e. The molecule has 1 aliphatic carbocycles. The number of carbonyl (C=O) groups excluding carboxylic acids is 1. The summed E-state index contributed by atoms with van der Waals surface area (Å²) in [6.07, 6.45) is 7.54. The molecule has 0 bridgehead atoms. The van der Waals surface area contributed by atoms with Gasteiger partial charge in [0, 0.05) is 24.2 Å². The molecule has 0 radical (unpaired) electrons. The third kappa shape index (κ3) is 15.1. The second-order valence-corrected chi connectivity index (χ2v) is 8.89. The highest BCUT2D eigenvalue weighted by Crippen LogP contribution is 2.20. The van der Waals surface area contributed by atoms with Crippen molar-refractivity contribution < 1.29 is 9.53 Å². The van der Waals surface area contributed by atoms with Crippen LogP contribution in [0.3, 0.4) is 0 Å². The molecule has 0 saturated heterocycles. The SMILES string of the molecule is C=C(Cc1ccccc1)NC(CNC(=O)OC(C)(C)C)=NC.CC.CC1=CCC=C(C)C(Cl)=C1. The fourth-order valence-corrected chi connectivity index (χ4v) is 2.88. The van der Waals surface area contributed by atoms with Crippen LogP contribution in [0.15, 0.2) is 82.0 Å². The Morgan fingerprint density at radius 1 is 1.15 bits per heavy atom. The van der Waals surface area contributed by atoms with Crippen LogP contribution in [0.5, 0.6) is 0 Å². The zero-order valence-corrected chi connectivity index (χ0v) is 22.8. The van der Waals surface area contributed by atoms with Gasteiger partial charge in [-0.3, -0.25) is 4.99 Å². The van der Waals surface area contributed by atoms with Crippen molar-refractivity contribution in [2.24, 2.45) is 4.99 Å². The molecule has 0 fully saturated rings. The Morgan fingerprint density at radius 2 is 1.76 bits per heavy atom. The number of rotatable bonds is 5. The summed E-state index contributed by atoms with van der Waals surface area (Å²) in [6.45, 7) is 17.8. The van der Waals surface area contributed by atoms with Crippen molar-refractivity contribution in [3.63, 3.8) is 0 Å². The lowest BCUT2D eigenvalue weighted by molar-refractivity contribution is 0.0535. The van der Waals surface area contributed by atoms with E-state index in [1.807, 2.05) is 78.0 Å². The fourth-order valence-electron chi connectivity index (χ4n) is 2.63. The lowest BCUT2D eigenvalue weighted by atomic mass is 10.1. The minimum absolute atomic E-state index is 0.263. The molecule has 2 N–H and O–H groups in total. The number of nitrogens with one attached hydrogen (secondary N) is 2. The quantitative estimate of drug-likeness (QED) is 0.338.